The Hall–Kier alpha value is -2.73. The molecule has 1 aromatic rings. The van der Waals surface area contributed by atoms with Gasteiger partial charge in [0.15, 0.2) is 0 Å². The van der Waals surface area contributed by atoms with E-state index in [1.807, 2.05) is 17.1 Å². The minimum atomic E-state index is -5.15. The van der Waals surface area contributed by atoms with E-state index in [0.717, 1.165) is 23.7 Å². The highest BCUT2D eigenvalue weighted by Crippen LogP contribution is 2.42. The van der Waals surface area contributed by atoms with Crippen molar-refractivity contribution in [3.8, 4) is 5.75 Å². The molecule has 0 unspecified atom stereocenters. The number of nitrogens with zero attached hydrogens (tertiary/aromatic N) is 1. The number of carbonyl (C=O) groups excluding carboxylic acids is 3. The number of cyclic esters (lactones) is 1. The van der Waals surface area contributed by atoms with Crippen LogP contribution in [0.4, 0.5) is 18.9 Å². The number of alkyl halides is 3. The summed E-state index contributed by atoms with van der Waals surface area (Å²) in [6.07, 6.45) is -2.82. The normalized spacial score (nSPS) is 16.1. The van der Waals surface area contributed by atoms with E-state index < -0.39 is 18.1 Å². The van der Waals surface area contributed by atoms with Crippen LogP contribution in [0.25, 0.3) is 0 Å². The number of ether oxygens (including phenoxy) is 3. The van der Waals surface area contributed by atoms with Gasteiger partial charge in [-0.3, -0.25) is 14.5 Å². The highest BCUT2D eigenvalue weighted by Gasteiger charge is 2.41. The van der Waals surface area contributed by atoms with Gasteiger partial charge in [0.2, 0.25) is 0 Å². The maximum Gasteiger partial charge on any atom is 0.471 e. The highest BCUT2D eigenvalue weighted by atomic mass is 32.2. The van der Waals surface area contributed by atoms with Crippen molar-refractivity contribution in [2.45, 2.75) is 45.9 Å². The molecule has 36 heavy (non-hydrogen) atoms. The first-order valence-corrected chi connectivity index (χ1v) is 12.6. The summed E-state index contributed by atoms with van der Waals surface area (Å²) in [7, 11) is 1.36. The second-order valence-electron chi connectivity index (χ2n) is 8.52. The Morgan fingerprint density at radius 1 is 1.28 bits per heavy atom. The number of anilines is 1. The maximum absolute atomic E-state index is 13.0. The van der Waals surface area contributed by atoms with Gasteiger partial charge in [-0.25, -0.2) is 4.79 Å². The maximum atomic E-state index is 13.0. The highest BCUT2D eigenvalue weighted by molar-refractivity contribution is 7.99. The molecule has 0 saturated carbocycles. The van der Waals surface area contributed by atoms with Crippen molar-refractivity contribution < 1.29 is 41.8 Å². The molecule has 8 nitrogen and oxygen atoms in total. The number of benzene rings is 1. The van der Waals surface area contributed by atoms with E-state index in [1.54, 1.807) is 19.9 Å². The van der Waals surface area contributed by atoms with Gasteiger partial charge in [0.1, 0.15) is 19.0 Å². The number of rotatable bonds is 10. The number of esters is 2. The van der Waals surface area contributed by atoms with Crippen LogP contribution in [0.15, 0.2) is 11.6 Å². The zero-order valence-corrected chi connectivity index (χ0v) is 21.2. The van der Waals surface area contributed by atoms with Gasteiger partial charge in [-0.05, 0) is 32.3 Å². The number of carbonyl (C=O) groups is 3. The third-order valence-electron chi connectivity index (χ3n) is 6.05. The van der Waals surface area contributed by atoms with Crippen LogP contribution in [-0.2, 0) is 32.1 Å². The molecule has 1 N–H and O–H groups in total. The van der Waals surface area contributed by atoms with E-state index in [-0.39, 0.29) is 48.0 Å². The van der Waals surface area contributed by atoms with Crippen LogP contribution in [0.1, 0.15) is 46.8 Å². The lowest BCUT2D eigenvalue weighted by Crippen LogP contribution is -2.31. The summed E-state index contributed by atoms with van der Waals surface area (Å²) >= 11 is 1.84. The molecular weight excluding hydrogens is 501 g/mol. The Labute approximate surface area is 211 Å². The zero-order valence-electron chi connectivity index (χ0n) is 20.4. The van der Waals surface area contributed by atoms with E-state index in [1.165, 1.54) is 7.11 Å². The smallest absolute Gasteiger partial charge is 0.471 e. The molecule has 198 valence electrons. The first kappa shape index (κ1) is 27.9. The van der Waals surface area contributed by atoms with Crippen LogP contribution in [0.5, 0.6) is 5.75 Å². The second kappa shape index (κ2) is 12.0. The molecule has 0 bridgehead atoms. The number of allylic oxidation sites excluding steroid dienone is 2. The second-order valence-corrected chi connectivity index (χ2v) is 9.60. The number of methoxy groups -OCH3 is 1. The Morgan fingerprint density at radius 3 is 2.67 bits per heavy atom. The fraction of sp³-hybridized carbons (Fsp3) is 0.542. The van der Waals surface area contributed by atoms with Gasteiger partial charge < -0.3 is 19.5 Å². The van der Waals surface area contributed by atoms with Crippen LogP contribution < -0.4 is 10.1 Å². The molecule has 0 radical (unpaired) electrons. The first-order valence-electron chi connectivity index (χ1n) is 11.4. The Kier molecular flexibility index (Phi) is 9.29. The number of nitrogens with one attached hydrogen (secondary N) is 1. The van der Waals surface area contributed by atoms with E-state index in [9.17, 15) is 27.6 Å². The van der Waals surface area contributed by atoms with Gasteiger partial charge in [0.05, 0.1) is 18.4 Å². The van der Waals surface area contributed by atoms with Crippen LogP contribution >= 0.6 is 11.8 Å². The molecule has 2 aliphatic heterocycles. The number of hydrogen-bond acceptors (Lipinski definition) is 8. The molecule has 1 aromatic carbocycles. The lowest BCUT2D eigenvalue weighted by molar-refractivity contribution is -0.167. The van der Waals surface area contributed by atoms with E-state index in [4.69, 9.17) is 14.2 Å². The topological polar surface area (TPSA) is 94.2 Å². The molecule has 0 aromatic heterocycles. The molecule has 0 aliphatic carbocycles. The number of thioether (sulfide) groups is 1. The third-order valence-corrected chi connectivity index (χ3v) is 7.07. The number of amides is 1. The minimum absolute atomic E-state index is 0.0611. The largest absolute Gasteiger partial charge is 0.496 e. The molecule has 1 amide bonds. The SMILES string of the molecule is COc1c(C)c2c(c(NC(=O)C(F)(F)F)c1CC=C(C)CCC(=O)OCCN1CCSC1)C(=O)OC2. The van der Waals surface area contributed by atoms with Crippen molar-refractivity contribution in [2.24, 2.45) is 0 Å². The predicted molar refractivity (Wildman–Crippen MR) is 128 cm³/mol. The summed E-state index contributed by atoms with van der Waals surface area (Å²) in [6.45, 7) is 5.33. The molecule has 0 spiro atoms. The average Bonchev–Trinajstić information content (AvgIpc) is 3.47. The molecule has 1 fully saturated rings. The molecule has 2 heterocycles. The number of fused-ring (bicyclic) bond motifs is 1. The number of halogens is 3. The Bertz CT molecular complexity index is 1050. The van der Waals surface area contributed by atoms with Crippen molar-refractivity contribution in [1.82, 2.24) is 4.90 Å². The summed E-state index contributed by atoms with van der Waals surface area (Å²) in [6, 6.07) is 0. The molecule has 12 heteroatoms. The summed E-state index contributed by atoms with van der Waals surface area (Å²) in [5.41, 5.74) is 1.54. The Balaban J connectivity index is 1.74. The van der Waals surface area contributed by atoms with E-state index >= 15 is 0 Å². The molecule has 2 aliphatic rings. The van der Waals surface area contributed by atoms with Crippen molar-refractivity contribution >= 4 is 35.3 Å². The minimum Gasteiger partial charge on any atom is -0.496 e. The fourth-order valence-electron chi connectivity index (χ4n) is 4.04. The standard InChI is InChI=1S/C24H29F3N2O6S/c1-14(5-7-18(30)34-10-8-29-9-11-36-13-29)4-6-16-20(28-23(32)24(25,26)27)19-17(12-35-22(19)31)15(2)21(16)33-3/h4H,5-13H2,1-3H3,(H,28,32). The van der Waals surface area contributed by atoms with Gasteiger partial charge in [0, 0.05) is 42.3 Å². The quantitative estimate of drug-likeness (QED) is 0.359. The molecule has 0 atom stereocenters. The summed E-state index contributed by atoms with van der Waals surface area (Å²) in [5.74, 6) is -1.07. The van der Waals surface area contributed by atoms with E-state index in [0.29, 0.717) is 30.7 Å². The lowest BCUT2D eigenvalue weighted by atomic mass is 9.93. The summed E-state index contributed by atoms with van der Waals surface area (Å²) < 4.78 is 54.8. The third kappa shape index (κ3) is 6.73. The van der Waals surface area contributed by atoms with Crippen LogP contribution in [0.3, 0.4) is 0 Å². The van der Waals surface area contributed by atoms with Crippen LogP contribution in [-0.4, -0.2) is 67.4 Å². The van der Waals surface area contributed by atoms with Gasteiger partial charge in [0.25, 0.3) is 0 Å². The number of hydrogen-bond donors (Lipinski definition) is 1. The van der Waals surface area contributed by atoms with E-state index in [2.05, 4.69) is 4.90 Å². The Morgan fingerprint density at radius 2 is 2.03 bits per heavy atom. The van der Waals surface area contributed by atoms with Crippen LogP contribution in [0.2, 0.25) is 0 Å². The molecule has 3 rings (SSSR count). The average molecular weight is 531 g/mol. The van der Waals surface area contributed by atoms with Gasteiger partial charge in [-0.15, -0.1) is 11.8 Å². The predicted octanol–water partition coefficient (Wildman–Crippen LogP) is 3.99. The van der Waals surface area contributed by atoms with Crippen molar-refractivity contribution in [3.63, 3.8) is 0 Å². The van der Waals surface area contributed by atoms with Gasteiger partial charge in [-0.1, -0.05) is 11.6 Å². The summed E-state index contributed by atoms with van der Waals surface area (Å²) in [5, 5.41) is 1.85. The monoisotopic (exact) mass is 530 g/mol. The summed E-state index contributed by atoms with van der Waals surface area (Å²) in [4.78, 5) is 38.4. The zero-order chi connectivity index (χ0) is 26.5. The van der Waals surface area contributed by atoms with Crippen molar-refractivity contribution in [2.75, 3.05) is 43.8 Å². The van der Waals surface area contributed by atoms with Gasteiger partial charge in [-0.2, -0.15) is 13.2 Å². The van der Waals surface area contributed by atoms with Crippen molar-refractivity contribution in [3.05, 3.63) is 33.9 Å². The lowest BCUT2D eigenvalue weighted by Gasteiger charge is -2.20. The van der Waals surface area contributed by atoms with Crippen LogP contribution in [0, 0.1) is 6.92 Å². The van der Waals surface area contributed by atoms with Crippen molar-refractivity contribution in [1.29, 1.82) is 0 Å². The fourth-order valence-corrected chi connectivity index (χ4v) is 5.07. The molecular formula is C24H29F3N2O6S. The molecule has 1 saturated heterocycles. The first-order chi connectivity index (χ1) is 17.0. The van der Waals surface area contributed by atoms with Gasteiger partial charge >= 0.3 is 24.0 Å².